The van der Waals surface area contributed by atoms with Gasteiger partial charge in [-0.05, 0) is 29.8 Å². The first kappa shape index (κ1) is 17.5. The number of para-hydroxylation sites is 1. The van der Waals surface area contributed by atoms with Crippen molar-refractivity contribution in [3.63, 3.8) is 0 Å². The van der Waals surface area contributed by atoms with Gasteiger partial charge in [0.1, 0.15) is 23.6 Å². The molecular formula is C22H19N3O6. The molecule has 0 fully saturated rings. The van der Waals surface area contributed by atoms with Gasteiger partial charge in [0.25, 0.3) is 0 Å². The predicted molar refractivity (Wildman–Crippen MR) is 113 cm³/mol. The summed E-state index contributed by atoms with van der Waals surface area (Å²) in [5, 5.41) is 23.9. The number of methoxy groups -OCH3 is 1. The largest absolute Gasteiger partial charge is 0.507 e. The fourth-order valence-corrected chi connectivity index (χ4v) is 2.79. The molecule has 0 saturated heterocycles. The molecule has 3 aromatic rings. The lowest BCUT2D eigenvalue weighted by molar-refractivity contribution is -0.123. The molecule has 0 aliphatic carbocycles. The maximum absolute atomic E-state index is 12.5. The van der Waals surface area contributed by atoms with Gasteiger partial charge in [-0.25, -0.2) is 4.79 Å². The van der Waals surface area contributed by atoms with Crippen LogP contribution in [0.25, 0.3) is 11.1 Å². The summed E-state index contributed by atoms with van der Waals surface area (Å²) in [6, 6.07) is 14.7. The van der Waals surface area contributed by atoms with E-state index >= 15 is 0 Å². The number of nitrogens with zero attached hydrogens (tertiary/aromatic N) is 1. The van der Waals surface area contributed by atoms with Gasteiger partial charge in [-0.2, -0.15) is 4.98 Å². The number of aromatic nitrogens is 1. The number of amides is 2. The van der Waals surface area contributed by atoms with E-state index in [-0.39, 0.29) is 17.3 Å². The van der Waals surface area contributed by atoms with Crippen LogP contribution in [-0.2, 0) is 9.59 Å². The molecule has 1 heterocycles. The monoisotopic (exact) mass is 424 g/mol. The van der Waals surface area contributed by atoms with E-state index in [1.807, 2.05) is 0 Å². The summed E-state index contributed by atoms with van der Waals surface area (Å²) in [5.74, 6) is -3.27. The van der Waals surface area contributed by atoms with Gasteiger partial charge >= 0.3 is 5.97 Å². The van der Waals surface area contributed by atoms with Gasteiger partial charge < -0.3 is 25.6 Å². The minimum absolute atomic E-state index is 0.00486. The number of carboxylic acid groups (broad SMARTS) is 1. The smallest absolute Gasteiger partial charge is 0.339 e. The fourth-order valence-electron chi connectivity index (χ4n) is 2.79. The second kappa shape index (κ2) is 9.40. The molecule has 1 aromatic heterocycles. The number of hydrogen-bond donors (Lipinski definition) is 4. The van der Waals surface area contributed by atoms with Crippen LogP contribution in [0.1, 0.15) is 20.9 Å². The number of rotatable bonds is 7. The summed E-state index contributed by atoms with van der Waals surface area (Å²) < 4.78 is 26.0. The van der Waals surface area contributed by atoms with Crippen LogP contribution in [0.5, 0.6) is 11.6 Å². The lowest BCUT2D eigenvalue weighted by Gasteiger charge is -2.12. The maximum Gasteiger partial charge on any atom is 0.339 e. The summed E-state index contributed by atoms with van der Waals surface area (Å²) in [7, 11) is -2.70. The van der Waals surface area contributed by atoms with Gasteiger partial charge in [-0.3, -0.25) is 9.59 Å². The third-order valence-corrected chi connectivity index (χ3v) is 4.16. The number of carboxylic acids is 1. The Morgan fingerprint density at radius 2 is 1.81 bits per heavy atom. The molecule has 2 aromatic carbocycles. The van der Waals surface area contributed by atoms with Gasteiger partial charge in [-0.15, -0.1) is 0 Å². The van der Waals surface area contributed by atoms with Gasteiger partial charge in [-0.1, -0.05) is 30.3 Å². The summed E-state index contributed by atoms with van der Waals surface area (Å²) in [6.45, 7) is 0. The van der Waals surface area contributed by atoms with Crippen LogP contribution in [0.2, 0.25) is 0 Å². The van der Waals surface area contributed by atoms with Gasteiger partial charge in [0.2, 0.25) is 17.7 Å². The Bertz CT molecular complexity index is 1250. The Labute approximate surface area is 181 Å². The highest BCUT2D eigenvalue weighted by Crippen LogP contribution is 2.31. The van der Waals surface area contributed by atoms with E-state index in [0.717, 1.165) is 0 Å². The van der Waals surface area contributed by atoms with Gasteiger partial charge in [0, 0.05) is 17.3 Å². The molecule has 0 radical (unpaired) electrons. The molecule has 0 aliphatic rings. The number of carbonyl (C=O) groups is 3. The van der Waals surface area contributed by atoms with Crippen LogP contribution in [0.4, 0.5) is 11.5 Å². The van der Waals surface area contributed by atoms with Crippen molar-refractivity contribution >= 4 is 29.3 Å². The van der Waals surface area contributed by atoms with Crippen LogP contribution in [0.3, 0.4) is 0 Å². The molecule has 2 amide bonds. The number of aromatic carboxylic acids is 1. The van der Waals surface area contributed by atoms with E-state index < -0.39 is 37.0 Å². The van der Waals surface area contributed by atoms with Crippen molar-refractivity contribution in [2.45, 2.75) is 6.42 Å². The third kappa shape index (κ3) is 5.36. The van der Waals surface area contributed by atoms with Crippen molar-refractivity contribution in [3.05, 3.63) is 66.2 Å². The molecule has 0 aliphatic heterocycles. The number of hydrogen-bond acceptors (Lipinski definition) is 6. The molecule has 0 atom stereocenters. The minimum Gasteiger partial charge on any atom is -0.507 e. The van der Waals surface area contributed by atoms with Crippen molar-refractivity contribution < 1.29 is 33.4 Å². The van der Waals surface area contributed by atoms with E-state index in [9.17, 15) is 24.6 Å². The number of benzene rings is 2. The summed E-state index contributed by atoms with van der Waals surface area (Å²) in [6.07, 6.45) is -0.573. The molecule has 0 unspecified atom stereocenters. The number of ether oxygens (including phenoxy) is 1. The Balaban J connectivity index is 1.70. The molecule has 4 N–H and O–H groups in total. The van der Waals surface area contributed by atoms with Crippen molar-refractivity contribution in [1.82, 2.24) is 4.98 Å². The average molecular weight is 424 g/mol. The normalized spacial score (nSPS) is 12.1. The zero-order chi connectivity index (χ0) is 24.9. The third-order valence-electron chi connectivity index (χ3n) is 4.16. The number of nitrogens with one attached hydrogen (secondary N) is 2. The number of phenols is 1. The van der Waals surface area contributed by atoms with Gasteiger partial charge in [0.05, 0.1) is 11.2 Å². The van der Waals surface area contributed by atoms with E-state index in [2.05, 4.69) is 20.4 Å². The predicted octanol–water partition coefficient (Wildman–Crippen LogP) is 3.13. The van der Waals surface area contributed by atoms with Crippen LogP contribution < -0.4 is 15.4 Å². The van der Waals surface area contributed by atoms with Crippen LogP contribution >= 0.6 is 0 Å². The van der Waals surface area contributed by atoms with Crippen LogP contribution in [0, 0.1) is 0 Å². The van der Waals surface area contributed by atoms with E-state index in [1.54, 1.807) is 24.3 Å². The second-order valence-electron chi connectivity index (χ2n) is 6.32. The first-order valence-electron chi connectivity index (χ1n) is 10.4. The zero-order valence-electron chi connectivity index (χ0n) is 19.0. The fraction of sp³-hybridized carbons (Fsp3) is 0.0909. The highest BCUT2D eigenvalue weighted by Gasteiger charge is 2.15. The van der Waals surface area contributed by atoms with Gasteiger partial charge in [0.15, 0.2) is 0 Å². The Hall–Kier alpha value is -4.40. The summed E-state index contributed by atoms with van der Waals surface area (Å²) in [4.78, 5) is 39.9. The topological polar surface area (TPSA) is 138 Å². The Kier molecular flexibility index (Phi) is 5.29. The molecule has 3 rings (SSSR count). The van der Waals surface area contributed by atoms with E-state index in [1.165, 1.54) is 36.4 Å². The molecule has 0 saturated carbocycles. The van der Waals surface area contributed by atoms with Crippen molar-refractivity contribution in [1.29, 1.82) is 0 Å². The second-order valence-corrected chi connectivity index (χ2v) is 6.32. The highest BCUT2D eigenvalue weighted by molar-refractivity contribution is 6.09. The number of carbonyl (C=O) groups excluding carboxylic acids is 2. The van der Waals surface area contributed by atoms with E-state index in [0.29, 0.717) is 16.8 Å². The standard InChI is InChI=1S/C22H19N3O6/c1-31-21-8-4-7-18(25-21)24-20(28)12-19(27)23-16-6-3-2-5-14(16)13-9-10-17(26)15(11-13)22(29)30/h2-11,26H,12H2,1H3,(H,23,27)(H,29,30)(H,24,25,28)/i1D3. The van der Waals surface area contributed by atoms with Crippen molar-refractivity contribution in [2.24, 2.45) is 0 Å². The average Bonchev–Trinajstić information content (AvgIpc) is 2.73. The number of aromatic hydroxyl groups is 1. The number of anilines is 2. The zero-order valence-corrected chi connectivity index (χ0v) is 16.0. The molecule has 0 spiro atoms. The van der Waals surface area contributed by atoms with Crippen molar-refractivity contribution in [2.75, 3.05) is 17.7 Å². The molecular weight excluding hydrogens is 402 g/mol. The molecule has 31 heavy (non-hydrogen) atoms. The first-order chi connectivity index (χ1) is 16.0. The quantitative estimate of drug-likeness (QED) is 0.428. The lowest BCUT2D eigenvalue weighted by atomic mass is 10.0. The number of pyridine rings is 1. The van der Waals surface area contributed by atoms with Crippen LogP contribution in [-0.4, -0.2) is 40.0 Å². The molecule has 158 valence electrons. The Morgan fingerprint density at radius 1 is 1.03 bits per heavy atom. The Morgan fingerprint density at radius 3 is 2.58 bits per heavy atom. The summed E-state index contributed by atoms with van der Waals surface area (Å²) in [5.41, 5.74) is 0.949. The first-order valence-corrected chi connectivity index (χ1v) is 8.93. The van der Waals surface area contributed by atoms with Crippen molar-refractivity contribution in [3.8, 4) is 22.8 Å². The highest BCUT2D eigenvalue weighted by atomic mass is 16.5. The van der Waals surface area contributed by atoms with E-state index in [4.69, 9.17) is 4.11 Å². The molecule has 9 nitrogen and oxygen atoms in total. The van der Waals surface area contributed by atoms with Crippen LogP contribution in [0.15, 0.2) is 60.7 Å². The molecule has 0 bridgehead atoms. The summed E-state index contributed by atoms with van der Waals surface area (Å²) >= 11 is 0. The minimum atomic E-state index is -2.70. The SMILES string of the molecule is [2H]C([2H])([2H])Oc1cccc(NC(=O)CC(=O)Nc2ccccc2-c2ccc(O)c(C(=O)O)c2)n1. The lowest BCUT2D eigenvalue weighted by Crippen LogP contribution is -2.22. The molecule has 9 heteroatoms. The maximum atomic E-state index is 12.5.